The topological polar surface area (TPSA) is 88.1 Å². The predicted molar refractivity (Wildman–Crippen MR) is 73.5 cm³/mol. The van der Waals surface area contributed by atoms with Crippen LogP contribution in [0.2, 0.25) is 0 Å². The number of nitrogens with zero attached hydrogens (tertiary/aromatic N) is 3. The average Bonchev–Trinajstić information content (AvgIpc) is 2.33. The van der Waals surface area contributed by atoms with E-state index in [1.54, 1.807) is 11.2 Å². The molecule has 0 unspecified atom stereocenters. The third kappa shape index (κ3) is 2.82. The summed E-state index contributed by atoms with van der Waals surface area (Å²) in [5.74, 6) is -0.0572. The van der Waals surface area contributed by atoms with Crippen LogP contribution in [0.15, 0.2) is 39.1 Å². The molecule has 0 atom stereocenters. The van der Waals surface area contributed by atoms with E-state index < -0.39 is 10.2 Å². The van der Waals surface area contributed by atoms with E-state index in [1.165, 1.54) is 11.8 Å². The van der Waals surface area contributed by atoms with Crippen molar-refractivity contribution in [1.82, 2.24) is 4.90 Å². The third-order valence-electron chi connectivity index (χ3n) is 2.28. The van der Waals surface area contributed by atoms with Crippen molar-refractivity contribution in [3.05, 3.63) is 35.9 Å². The van der Waals surface area contributed by atoms with Gasteiger partial charge in [0.05, 0.1) is 6.54 Å². The number of hydrogen-bond donors (Lipinski definition) is 1. The second-order valence-corrected chi connectivity index (χ2v) is 5.58. The van der Waals surface area contributed by atoms with E-state index in [9.17, 15) is 8.42 Å². The Morgan fingerprint density at radius 1 is 1.28 bits per heavy atom. The second kappa shape index (κ2) is 4.99. The molecule has 1 aliphatic rings. The molecule has 1 heterocycles. The molecule has 2 rings (SSSR count). The summed E-state index contributed by atoms with van der Waals surface area (Å²) < 4.78 is 29.6. The highest BCUT2D eigenvalue weighted by molar-refractivity contribution is 8.13. The van der Waals surface area contributed by atoms with E-state index in [-0.39, 0.29) is 5.96 Å². The van der Waals surface area contributed by atoms with Gasteiger partial charge in [0.1, 0.15) is 0 Å². The summed E-state index contributed by atoms with van der Waals surface area (Å²) in [7, 11) is -3.83. The van der Waals surface area contributed by atoms with Gasteiger partial charge >= 0.3 is 10.2 Å². The van der Waals surface area contributed by atoms with Crippen LogP contribution < -0.4 is 5.73 Å². The van der Waals surface area contributed by atoms with Gasteiger partial charge in [-0.25, -0.2) is 0 Å². The minimum atomic E-state index is -3.83. The summed E-state index contributed by atoms with van der Waals surface area (Å²) in [6.45, 7) is 0.436. The Kier molecular flexibility index (Phi) is 3.58. The lowest BCUT2D eigenvalue weighted by Gasteiger charge is -2.25. The fourth-order valence-corrected chi connectivity index (χ4v) is 3.13. The van der Waals surface area contributed by atoms with Gasteiger partial charge in [0.15, 0.2) is 5.17 Å². The lowest BCUT2D eigenvalue weighted by atomic mass is 10.2. The SMILES string of the molecule is CSC1=NS(=O)(=O)N=C(N)N1Cc1ccccc1. The van der Waals surface area contributed by atoms with E-state index >= 15 is 0 Å². The van der Waals surface area contributed by atoms with E-state index in [0.29, 0.717) is 11.7 Å². The minimum absolute atomic E-state index is 0.0572. The summed E-state index contributed by atoms with van der Waals surface area (Å²) in [6, 6.07) is 9.56. The van der Waals surface area contributed by atoms with Crippen LogP contribution in [-0.2, 0) is 16.8 Å². The Labute approximate surface area is 110 Å². The number of hydrogen-bond acceptors (Lipinski definition) is 5. The highest BCUT2D eigenvalue weighted by Gasteiger charge is 2.25. The molecule has 8 heteroatoms. The quantitative estimate of drug-likeness (QED) is 0.867. The van der Waals surface area contributed by atoms with Gasteiger partial charge < -0.3 is 5.73 Å². The first-order valence-electron chi connectivity index (χ1n) is 5.07. The molecular formula is C10H12N4O2S2. The smallest absolute Gasteiger partial charge is 0.368 e. The van der Waals surface area contributed by atoms with Crippen molar-refractivity contribution in [2.24, 2.45) is 14.5 Å². The maximum atomic E-state index is 11.3. The number of thioether (sulfide) groups is 1. The number of amidine groups is 1. The molecule has 0 amide bonds. The monoisotopic (exact) mass is 284 g/mol. The van der Waals surface area contributed by atoms with Crippen LogP contribution in [0.4, 0.5) is 0 Å². The lowest BCUT2D eigenvalue weighted by Crippen LogP contribution is -2.43. The summed E-state index contributed by atoms with van der Waals surface area (Å²) in [5, 5.41) is 0.325. The molecule has 0 radical (unpaired) electrons. The van der Waals surface area contributed by atoms with Crippen molar-refractivity contribution < 1.29 is 8.42 Å². The van der Waals surface area contributed by atoms with Gasteiger partial charge in [-0.2, -0.15) is 8.42 Å². The van der Waals surface area contributed by atoms with Crippen LogP contribution in [0.3, 0.4) is 0 Å². The summed E-state index contributed by atoms with van der Waals surface area (Å²) >= 11 is 1.22. The molecule has 6 nitrogen and oxygen atoms in total. The Morgan fingerprint density at radius 2 is 1.94 bits per heavy atom. The summed E-state index contributed by atoms with van der Waals surface area (Å²) in [6.07, 6.45) is 1.74. The van der Waals surface area contributed by atoms with Gasteiger partial charge in [0.2, 0.25) is 5.96 Å². The molecule has 0 fully saturated rings. The molecule has 1 aromatic rings. The van der Waals surface area contributed by atoms with Crippen LogP contribution in [0.25, 0.3) is 0 Å². The molecule has 1 aliphatic heterocycles. The van der Waals surface area contributed by atoms with Gasteiger partial charge in [-0.15, -0.1) is 8.80 Å². The van der Waals surface area contributed by atoms with Crippen molar-refractivity contribution in [2.75, 3.05) is 6.26 Å². The fourth-order valence-electron chi connectivity index (χ4n) is 1.50. The predicted octanol–water partition coefficient (Wildman–Crippen LogP) is 0.781. The van der Waals surface area contributed by atoms with Crippen molar-refractivity contribution in [3.8, 4) is 0 Å². The van der Waals surface area contributed by atoms with Crippen LogP contribution in [0.1, 0.15) is 5.56 Å². The third-order valence-corrected chi connectivity index (χ3v) is 3.89. The zero-order valence-electron chi connectivity index (χ0n) is 9.65. The number of rotatable bonds is 2. The van der Waals surface area contributed by atoms with Crippen LogP contribution in [-0.4, -0.2) is 30.7 Å². The summed E-state index contributed by atoms with van der Waals surface area (Å²) in [5.41, 5.74) is 6.67. The molecule has 1 aromatic carbocycles. The number of benzene rings is 1. The van der Waals surface area contributed by atoms with E-state index in [0.717, 1.165) is 5.56 Å². The van der Waals surface area contributed by atoms with Crippen LogP contribution in [0, 0.1) is 0 Å². The molecule has 0 spiro atoms. The maximum absolute atomic E-state index is 11.3. The zero-order chi connectivity index (χ0) is 13.2. The van der Waals surface area contributed by atoms with Gasteiger partial charge in [0, 0.05) is 0 Å². The van der Waals surface area contributed by atoms with Gasteiger partial charge in [-0.05, 0) is 11.8 Å². The van der Waals surface area contributed by atoms with Crippen molar-refractivity contribution in [2.45, 2.75) is 6.54 Å². The molecule has 2 N–H and O–H groups in total. The first-order chi connectivity index (χ1) is 8.52. The Morgan fingerprint density at radius 3 is 2.56 bits per heavy atom. The molecule has 18 heavy (non-hydrogen) atoms. The van der Waals surface area contributed by atoms with Crippen molar-refractivity contribution in [1.29, 1.82) is 0 Å². The number of nitrogens with two attached hydrogens (primary N) is 1. The highest BCUT2D eigenvalue weighted by atomic mass is 32.2. The van der Waals surface area contributed by atoms with E-state index in [2.05, 4.69) is 8.80 Å². The van der Waals surface area contributed by atoms with E-state index in [4.69, 9.17) is 5.73 Å². The standard InChI is InChI=1S/C10H12N4O2S2/c1-17-10-13-18(15,16)12-9(11)14(10)7-8-5-3-2-4-6-8/h2-6H,7H2,1H3,(H2,11,12). The molecule has 0 aliphatic carbocycles. The minimum Gasteiger partial charge on any atom is -0.368 e. The van der Waals surface area contributed by atoms with Crippen LogP contribution in [0.5, 0.6) is 0 Å². The molecule has 0 saturated carbocycles. The molecule has 0 saturated heterocycles. The van der Waals surface area contributed by atoms with Gasteiger partial charge in [-0.3, -0.25) is 4.90 Å². The van der Waals surface area contributed by atoms with Crippen LogP contribution >= 0.6 is 11.8 Å². The largest absolute Gasteiger partial charge is 0.368 e. The highest BCUT2D eigenvalue weighted by Crippen LogP contribution is 2.17. The van der Waals surface area contributed by atoms with Gasteiger partial charge in [0.25, 0.3) is 0 Å². The van der Waals surface area contributed by atoms with Gasteiger partial charge in [-0.1, -0.05) is 42.1 Å². The normalized spacial score (nSPS) is 18.2. The molecule has 0 aromatic heterocycles. The first-order valence-corrected chi connectivity index (χ1v) is 7.70. The van der Waals surface area contributed by atoms with Crippen molar-refractivity contribution >= 4 is 33.1 Å². The van der Waals surface area contributed by atoms with Crippen molar-refractivity contribution in [3.63, 3.8) is 0 Å². The van der Waals surface area contributed by atoms with E-state index in [1.807, 2.05) is 30.3 Å². The average molecular weight is 284 g/mol. The second-order valence-electron chi connectivity index (χ2n) is 3.55. The molecule has 0 bridgehead atoms. The lowest BCUT2D eigenvalue weighted by molar-refractivity contribution is 0.578. The zero-order valence-corrected chi connectivity index (χ0v) is 11.3. The first kappa shape index (κ1) is 12.9. The Balaban J connectivity index is 2.30. The molecular weight excluding hydrogens is 272 g/mol. The Bertz CT molecular complexity index is 596. The fraction of sp³-hybridized carbons (Fsp3) is 0.200. The molecule has 96 valence electrons. The summed E-state index contributed by atoms with van der Waals surface area (Å²) in [4.78, 5) is 1.57. The Hall–Kier alpha value is -1.54. The maximum Gasteiger partial charge on any atom is 0.368 e. The number of guanidine groups is 1.